The van der Waals surface area contributed by atoms with Crippen molar-refractivity contribution in [3.8, 4) is 0 Å². The molecule has 4 nitrogen and oxygen atoms in total. The molecular weight excluding hydrogens is 298 g/mol. The van der Waals surface area contributed by atoms with Gasteiger partial charge in [0.2, 0.25) is 0 Å². The van der Waals surface area contributed by atoms with Crippen LogP contribution in [0.5, 0.6) is 0 Å². The lowest BCUT2D eigenvalue weighted by Gasteiger charge is -2.07. The van der Waals surface area contributed by atoms with Gasteiger partial charge in [-0.3, -0.25) is 4.79 Å². The second-order valence-electron chi connectivity index (χ2n) is 5.00. The van der Waals surface area contributed by atoms with Crippen LogP contribution in [0.3, 0.4) is 0 Å². The van der Waals surface area contributed by atoms with Crippen LogP contribution in [-0.2, 0) is 4.74 Å². The molecule has 0 spiro atoms. The molecule has 0 saturated heterocycles. The third-order valence-corrected chi connectivity index (χ3v) is 4.34. The van der Waals surface area contributed by atoms with E-state index in [0.29, 0.717) is 23.4 Å². The standard InChI is InChI=1S/C17H19NO3S/c1-4-8-21-17(20)13-6-5-7-14(9-13)18-16(19)15-10-22-12(3)11(15)2/h5-7,9-10H,4,8H2,1-3H3,(H,18,19). The zero-order chi connectivity index (χ0) is 16.1. The van der Waals surface area contributed by atoms with Gasteiger partial charge in [-0.15, -0.1) is 11.3 Å². The quantitative estimate of drug-likeness (QED) is 0.842. The average molecular weight is 317 g/mol. The number of rotatable bonds is 5. The molecule has 1 aromatic heterocycles. The van der Waals surface area contributed by atoms with E-state index in [9.17, 15) is 9.59 Å². The number of ether oxygens (including phenoxy) is 1. The van der Waals surface area contributed by atoms with Gasteiger partial charge in [-0.05, 0) is 44.0 Å². The van der Waals surface area contributed by atoms with E-state index in [4.69, 9.17) is 4.74 Å². The number of anilines is 1. The monoisotopic (exact) mass is 317 g/mol. The van der Waals surface area contributed by atoms with Crippen LogP contribution in [0.4, 0.5) is 5.69 Å². The molecule has 0 aliphatic rings. The van der Waals surface area contributed by atoms with Crippen molar-refractivity contribution in [1.82, 2.24) is 0 Å². The molecule has 0 saturated carbocycles. The fourth-order valence-electron chi connectivity index (χ4n) is 1.94. The zero-order valence-electron chi connectivity index (χ0n) is 12.9. The van der Waals surface area contributed by atoms with Crippen molar-refractivity contribution in [1.29, 1.82) is 0 Å². The maximum Gasteiger partial charge on any atom is 0.338 e. The van der Waals surface area contributed by atoms with Crippen molar-refractivity contribution in [2.24, 2.45) is 0 Å². The van der Waals surface area contributed by atoms with E-state index in [0.717, 1.165) is 16.9 Å². The lowest BCUT2D eigenvalue weighted by Crippen LogP contribution is -2.13. The summed E-state index contributed by atoms with van der Waals surface area (Å²) in [7, 11) is 0. The molecular formula is C17H19NO3S. The fourth-order valence-corrected chi connectivity index (χ4v) is 2.80. The van der Waals surface area contributed by atoms with E-state index in [-0.39, 0.29) is 11.9 Å². The van der Waals surface area contributed by atoms with E-state index in [1.165, 1.54) is 0 Å². The Morgan fingerprint density at radius 1 is 1.27 bits per heavy atom. The van der Waals surface area contributed by atoms with Gasteiger partial charge in [0.05, 0.1) is 17.7 Å². The lowest BCUT2D eigenvalue weighted by atomic mass is 10.1. The van der Waals surface area contributed by atoms with Crippen molar-refractivity contribution in [2.45, 2.75) is 27.2 Å². The Morgan fingerprint density at radius 3 is 2.68 bits per heavy atom. The van der Waals surface area contributed by atoms with Crippen LogP contribution in [0.25, 0.3) is 0 Å². The second kappa shape index (κ2) is 7.22. The minimum absolute atomic E-state index is 0.166. The summed E-state index contributed by atoms with van der Waals surface area (Å²) >= 11 is 1.55. The first-order valence-corrected chi connectivity index (χ1v) is 8.04. The normalized spacial score (nSPS) is 10.3. The molecule has 1 N–H and O–H groups in total. The molecule has 0 aliphatic heterocycles. The Kier molecular flexibility index (Phi) is 5.33. The highest BCUT2D eigenvalue weighted by atomic mass is 32.1. The lowest BCUT2D eigenvalue weighted by molar-refractivity contribution is 0.0505. The van der Waals surface area contributed by atoms with Crippen LogP contribution >= 0.6 is 11.3 Å². The first-order valence-electron chi connectivity index (χ1n) is 7.16. The summed E-state index contributed by atoms with van der Waals surface area (Å²) in [5, 5.41) is 4.67. The third kappa shape index (κ3) is 3.74. The van der Waals surface area contributed by atoms with Crippen LogP contribution in [0.15, 0.2) is 29.6 Å². The number of benzene rings is 1. The van der Waals surface area contributed by atoms with Crippen LogP contribution < -0.4 is 5.32 Å². The Bertz CT molecular complexity index is 691. The minimum Gasteiger partial charge on any atom is -0.462 e. The van der Waals surface area contributed by atoms with Gasteiger partial charge in [0.15, 0.2) is 0 Å². The molecule has 0 fully saturated rings. The SMILES string of the molecule is CCCOC(=O)c1cccc(NC(=O)c2csc(C)c2C)c1. The van der Waals surface area contributed by atoms with Gasteiger partial charge in [0.1, 0.15) is 0 Å². The van der Waals surface area contributed by atoms with Crippen LogP contribution in [0.1, 0.15) is 44.5 Å². The molecule has 1 heterocycles. The van der Waals surface area contributed by atoms with Gasteiger partial charge < -0.3 is 10.1 Å². The molecule has 0 aliphatic carbocycles. The van der Waals surface area contributed by atoms with Gasteiger partial charge in [-0.1, -0.05) is 13.0 Å². The number of carbonyl (C=O) groups excluding carboxylic acids is 2. The zero-order valence-corrected chi connectivity index (χ0v) is 13.8. The summed E-state index contributed by atoms with van der Waals surface area (Å²) in [5.41, 5.74) is 2.67. The molecule has 5 heteroatoms. The highest BCUT2D eigenvalue weighted by Gasteiger charge is 2.14. The van der Waals surface area contributed by atoms with Crippen molar-refractivity contribution >= 4 is 28.9 Å². The molecule has 0 atom stereocenters. The number of aryl methyl sites for hydroxylation is 1. The Balaban J connectivity index is 2.12. The number of thiophene rings is 1. The number of hydrogen-bond donors (Lipinski definition) is 1. The molecule has 0 bridgehead atoms. The summed E-state index contributed by atoms with van der Waals surface area (Å²) in [6.45, 7) is 6.25. The first kappa shape index (κ1) is 16.2. The van der Waals surface area contributed by atoms with E-state index < -0.39 is 0 Å². The van der Waals surface area contributed by atoms with E-state index >= 15 is 0 Å². The summed E-state index contributed by atoms with van der Waals surface area (Å²) in [6, 6.07) is 6.78. The Labute approximate surface area is 134 Å². The van der Waals surface area contributed by atoms with Crippen LogP contribution in [0.2, 0.25) is 0 Å². The second-order valence-corrected chi connectivity index (χ2v) is 6.09. The minimum atomic E-state index is -0.375. The summed E-state index contributed by atoms with van der Waals surface area (Å²) < 4.78 is 5.09. The van der Waals surface area contributed by atoms with Gasteiger partial charge in [0.25, 0.3) is 5.91 Å². The number of hydrogen-bond acceptors (Lipinski definition) is 4. The highest BCUT2D eigenvalue weighted by Crippen LogP contribution is 2.22. The maximum atomic E-state index is 12.3. The van der Waals surface area contributed by atoms with Gasteiger partial charge in [-0.25, -0.2) is 4.79 Å². The van der Waals surface area contributed by atoms with Gasteiger partial charge >= 0.3 is 5.97 Å². The topological polar surface area (TPSA) is 55.4 Å². The molecule has 0 radical (unpaired) electrons. The number of amides is 1. The largest absolute Gasteiger partial charge is 0.462 e. The van der Waals surface area contributed by atoms with Gasteiger partial charge in [0, 0.05) is 15.9 Å². The molecule has 2 rings (SSSR count). The number of carbonyl (C=O) groups is 2. The average Bonchev–Trinajstić information content (AvgIpc) is 2.85. The molecule has 116 valence electrons. The molecule has 22 heavy (non-hydrogen) atoms. The maximum absolute atomic E-state index is 12.3. The fraction of sp³-hybridized carbons (Fsp3) is 0.294. The smallest absolute Gasteiger partial charge is 0.338 e. The van der Waals surface area contributed by atoms with Crippen molar-refractivity contribution in [3.63, 3.8) is 0 Å². The predicted molar refractivity (Wildman–Crippen MR) is 88.8 cm³/mol. The summed E-state index contributed by atoms with van der Waals surface area (Å²) in [4.78, 5) is 25.2. The van der Waals surface area contributed by atoms with Crippen molar-refractivity contribution in [2.75, 3.05) is 11.9 Å². The predicted octanol–water partition coefficient (Wildman–Crippen LogP) is 4.18. The van der Waals surface area contributed by atoms with E-state index in [2.05, 4.69) is 5.32 Å². The molecule has 0 unspecified atom stereocenters. The molecule has 1 aromatic carbocycles. The Hall–Kier alpha value is -2.14. The van der Waals surface area contributed by atoms with Crippen molar-refractivity contribution in [3.05, 3.63) is 51.2 Å². The van der Waals surface area contributed by atoms with E-state index in [1.807, 2.05) is 26.2 Å². The van der Waals surface area contributed by atoms with Crippen LogP contribution in [-0.4, -0.2) is 18.5 Å². The third-order valence-electron chi connectivity index (χ3n) is 3.32. The number of nitrogens with one attached hydrogen (secondary N) is 1. The van der Waals surface area contributed by atoms with Gasteiger partial charge in [-0.2, -0.15) is 0 Å². The molecule has 2 aromatic rings. The summed E-state index contributed by atoms with van der Waals surface area (Å²) in [6.07, 6.45) is 0.777. The Morgan fingerprint density at radius 2 is 2.05 bits per heavy atom. The first-order chi connectivity index (χ1) is 10.5. The highest BCUT2D eigenvalue weighted by molar-refractivity contribution is 7.10. The summed E-state index contributed by atoms with van der Waals surface area (Å²) in [5.74, 6) is -0.540. The molecule has 1 amide bonds. The number of esters is 1. The van der Waals surface area contributed by atoms with Crippen LogP contribution in [0, 0.1) is 13.8 Å². The van der Waals surface area contributed by atoms with Crippen molar-refractivity contribution < 1.29 is 14.3 Å². The van der Waals surface area contributed by atoms with E-state index in [1.54, 1.807) is 35.6 Å².